The number of piperidine rings is 1. The molecular formula is C20H32N4O2. The van der Waals surface area contributed by atoms with Crippen LogP contribution in [0.4, 0.5) is 4.79 Å². The average molecular weight is 361 g/mol. The molecule has 1 aliphatic heterocycles. The maximum absolute atomic E-state index is 12.6. The summed E-state index contributed by atoms with van der Waals surface area (Å²) in [7, 11) is 4.23. The minimum atomic E-state index is -0.545. The third kappa shape index (κ3) is 4.18. The van der Waals surface area contributed by atoms with E-state index in [0.717, 1.165) is 37.9 Å². The van der Waals surface area contributed by atoms with Crippen LogP contribution in [-0.2, 0) is 0 Å². The van der Waals surface area contributed by atoms with Gasteiger partial charge in [-0.2, -0.15) is 0 Å². The lowest BCUT2D eigenvalue weighted by Gasteiger charge is -2.38. The molecule has 0 aromatic carbocycles. The molecule has 1 aromatic rings. The molecule has 6 nitrogen and oxygen atoms in total. The minimum Gasteiger partial charge on any atom is -0.387 e. The van der Waals surface area contributed by atoms with E-state index in [1.165, 1.54) is 12.8 Å². The SMILES string of the molecule is CN(C)C1(CNC(=O)N2CCC(C(O)c3ccccn3)CC2)CCCC1. The van der Waals surface area contributed by atoms with E-state index in [1.807, 2.05) is 23.1 Å². The number of nitrogens with zero attached hydrogens (tertiary/aromatic N) is 3. The van der Waals surface area contributed by atoms with Crippen LogP contribution < -0.4 is 5.32 Å². The van der Waals surface area contributed by atoms with Crippen LogP contribution in [0.5, 0.6) is 0 Å². The van der Waals surface area contributed by atoms with Crippen molar-refractivity contribution in [3.8, 4) is 0 Å². The molecule has 1 saturated heterocycles. The lowest BCUT2D eigenvalue weighted by Crippen LogP contribution is -2.54. The smallest absolute Gasteiger partial charge is 0.317 e. The van der Waals surface area contributed by atoms with Gasteiger partial charge >= 0.3 is 6.03 Å². The zero-order chi connectivity index (χ0) is 18.6. The fourth-order valence-electron chi connectivity index (χ4n) is 4.38. The van der Waals surface area contributed by atoms with Crippen LogP contribution in [0.25, 0.3) is 0 Å². The van der Waals surface area contributed by atoms with Gasteiger partial charge in [-0.05, 0) is 57.8 Å². The molecule has 144 valence electrons. The number of hydrogen-bond acceptors (Lipinski definition) is 4. The van der Waals surface area contributed by atoms with Gasteiger partial charge in [-0.3, -0.25) is 4.98 Å². The number of likely N-dealkylation sites (tertiary alicyclic amines) is 1. The van der Waals surface area contributed by atoms with Gasteiger partial charge in [0, 0.05) is 31.4 Å². The number of aromatic nitrogens is 1. The number of pyridine rings is 1. The predicted octanol–water partition coefficient (Wildman–Crippen LogP) is 2.41. The summed E-state index contributed by atoms with van der Waals surface area (Å²) < 4.78 is 0. The van der Waals surface area contributed by atoms with Crippen LogP contribution >= 0.6 is 0 Å². The monoisotopic (exact) mass is 360 g/mol. The second-order valence-corrected chi connectivity index (χ2v) is 8.01. The second kappa shape index (κ2) is 8.35. The second-order valence-electron chi connectivity index (χ2n) is 8.01. The topological polar surface area (TPSA) is 68.7 Å². The lowest BCUT2D eigenvalue weighted by molar-refractivity contribution is 0.0626. The first-order chi connectivity index (χ1) is 12.5. The van der Waals surface area contributed by atoms with Crippen molar-refractivity contribution in [3.05, 3.63) is 30.1 Å². The molecule has 2 N–H and O–H groups in total. The highest BCUT2D eigenvalue weighted by Crippen LogP contribution is 2.33. The quantitative estimate of drug-likeness (QED) is 0.846. The molecule has 2 heterocycles. The number of carbonyl (C=O) groups excluding carboxylic acids is 1. The van der Waals surface area contributed by atoms with Gasteiger partial charge in [0.2, 0.25) is 0 Å². The number of urea groups is 1. The maximum atomic E-state index is 12.6. The fourth-order valence-corrected chi connectivity index (χ4v) is 4.38. The number of nitrogens with one attached hydrogen (secondary N) is 1. The van der Waals surface area contributed by atoms with Gasteiger partial charge in [0.15, 0.2) is 0 Å². The Bertz CT molecular complexity index is 579. The van der Waals surface area contributed by atoms with Crippen molar-refractivity contribution < 1.29 is 9.90 Å². The van der Waals surface area contributed by atoms with E-state index in [-0.39, 0.29) is 17.5 Å². The Morgan fingerprint density at radius 2 is 2.04 bits per heavy atom. The Balaban J connectivity index is 1.48. The number of amides is 2. The Labute approximate surface area is 156 Å². The molecule has 1 atom stereocenters. The van der Waals surface area contributed by atoms with Crippen LogP contribution in [0.3, 0.4) is 0 Å². The summed E-state index contributed by atoms with van der Waals surface area (Å²) in [5, 5.41) is 13.7. The van der Waals surface area contributed by atoms with Gasteiger partial charge in [-0.1, -0.05) is 18.9 Å². The van der Waals surface area contributed by atoms with Gasteiger partial charge in [0.05, 0.1) is 11.8 Å². The summed E-state index contributed by atoms with van der Waals surface area (Å²) in [6.45, 7) is 2.10. The molecule has 2 amide bonds. The van der Waals surface area contributed by atoms with Crippen LogP contribution in [0.2, 0.25) is 0 Å². The molecule has 1 saturated carbocycles. The summed E-state index contributed by atoms with van der Waals surface area (Å²) in [6, 6.07) is 5.65. The van der Waals surface area contributed by atoms with E-state index >= 15 is 0 Å². The normalized spacial score (nSPS) is 21.8. The molecule has 0 bridgehead atoms. The molecule has 1 unspecified atom stereocenters. The standard InChI is InChI=1S/C20H32N4O2/c1-23(2)20(10-4-5-11-20)15-22-19(26)24-13-8-16(9-14-24)18(25)17-7-3-6-12-21-17/h3,6-7,12,16,18,25H,4-5,8-11,13-15H2,1-2H3,(H,22,26). The van der Waals surface area contributed by atoms with Gasteiger partial charge < -0.3 is 20.2 Å². The molecule has 6 heteroatoms. The van der Waals surface area contributed by atoms with Crippen molar-refractivity contribution in [2.45, 2.75) is 50.2 Å². The molecular weight excluding hydrogens is 328 g/mol. The van der Waals surface area contributed by atoms with Crippen molar-refractivity contribution in [3.63, 3.8) is 0 Å². The number of aliphatic hydroxyl groups excluding tert-OH is 1. The van der Waals surface area contributed by atoms with Crippen molar-refractivity contribution in [1.82, 2.24) is 20.1 Å². The number of aliphatic hydroxyl groups is 1. The minimum absolute atomic E-state index is 0.0314. The summed E-state index contributed by atoms with van der Waals surface area (Å²) in [5.74, 6) is 0.164. The Morgan fingerprint density at radius 1 is 1.35 bits per heavy atom. The Hall–Kier alpha value is -1.66. The van der Waals surface area contributed by atoms with Crippen LogP contribution in [0, 0.1) is 5.92 Å². The highest BCUT2D eigenvalue weighted by Gasteiger charge is 2.37. The fraction of sp³-hybridized carbons (Fsp3) is 0.700. The Kier molecular flexibility index (Phi) is 6.14. The number of carbonyl (C=O) groups is 1. The van der Waals surface area contributed by atoms with Crippen molar-refractivity contribution in [2.75, 3.05) is 33.7 Å². The number of likely N-dealkylation sites (N-methyl/N-ethyl adjacent to an activating group) is 1. The van der Waals surface area contributed by atoms with Gasteiger partial charge in [0.1, 0.15) is 0 Å². The van der Waals surface area contributed by atoms with Gasteiger partial charge in [-0.25, -0.2) is 4.79 Å². The van der Waals surface area contributed by atoms with E-state index < -0.39 is 6.10 Å². The van der Waals surface area contributed by atoms with E-state index in [0.29, 0.717) is 13.1 Å². The molecule has 1 aromatic heterocycles. The average Bonchev–Trinajstić information content (AvgIpc) is 3.17. The third-order valence-corrected chi connectivity index (χ3v) is 6.32. The Morgan fingerprint density at radius 3 is 2.62 bits per heavy atom. The van der Waals surface area contributed by atoms with Crippen molar-refractivity contribution in [2.24, 2.45) is 5.92 Å². The molecule has 0 radical (unpaired) electrons. The van der Waals surface area contributed by atoms with Gasteiger partial charge in [-0.15, -0.1) is 0 Å². The summed E-state index contributed by atoms with van der Waals surface area (Å²) in [6.07, 6.45) is 7.57. The van der Waals surface area contributed by atoms with Crippen LogP contribution in [-0.4, -0.2) is 65.2 Å². The summed E-state index contributed by atoms with van der Waals surface area (Å²) in [4.78, 5) is 21.0. The van der Waals surface area contributed by atoms with Crippen molar-refractivity contribution in [1.29, 1.82) is 0 Å². The maximum Gasteiger partial charge on any atom is 0.317 e. The third-order valence-electron chi connectivity index (χ3n) is 6.32. The lowest BCUT2D eigenvalue weighted by atomic mass is 9.89. The largest absolute Gasteiger partial charge is 0.387 e. The summed E-state index contributed by atoms with van der Waals surface area (Å²) >= 11 is 0. The number of hydrogen-bond donors (Lipinski definition) is 2. The first-order valence-corrected chi connectivity index (χ1v) is 9.81. The molecule has 26 heavy (non-hydrogen) atoms. The highest BCUT2D eigenvalue weighted by molar-refractivity contribution is 5.74. The molecule has 3 rings (SSSR count). The zero-order valence-corrected chi connectivity index (χ0v) is 16.0. The van der Waals surface area contributed by atoms with E-state index in [9.17, 15) is 9.90 Å². The van der Waals surface area contributed by atoms with E-state index in [1.54, 1.807) is 6.20 Å². The molecule has 2 fully saturated rings. The van der Waals surface area contributed by atoms with Crippen LogP contribution in [0.15, 0.2) is 24.4 Å². The highest BCUT2D eigenvalue weighted by atomic mass is 16.3. The first kappa shape index (κ1) is 19.1. The number of rotatable bonds is 5. The predicted molar refractivity (Wildman–Crippen MR) is 102 cm³/mol. The summed E-state index contributed by atoms with van der Waals surface area (Å²) in [5.41, 5.74) is 0.841. The molecule has 0 spiro atoms. The first-order valence-electron chi connectivity index (χ1n) is 9.81. The van der Waals surface area contributed by atoms with Crippen molar-refractivity contribution >= 4 is 6.03 Å². The van der Waals surface area contributed by atoms with Crippen LogP contribution in [0.1, 0.15) is 50.3 Å². The molecule has 1 aliphatic carbocycles. The van der Waals surface area contributed by atoms with E-state index in [2.05, 4.69) is 29.3 Å². The van der Waals surface area contributed by atoms with E-state index in [4.69, 9.17) is 0 Å². The van der Waals surface area contributed by atoms with Gasteiger partial charge in [0.25, 0.3) is 0 Å². The zero-order valence-electron chi connectivity index (χ0n) is 16.0. The molecule has 2 aliphatic rings.